The van der Waals surface area contributed by atoms with Crippen molar-refractivity contribution >= 4 is 36.5 Å². The van der Waals surface area contributed by atoms with Gasteiger partial charge in [-0.25, -0.2) is 0 Å². The Bertz CT molecular complexity index is 1000. The third-order valence-corrected chi connectivity index (χ3v) is 7.47. The Hall–Kier alpha value is -4.88. The topological polar surface area (TPSA) is 172 Å². The van der Waals surface area contributed by atoms with E-state index in [9.17, 15) is 28.8 Å². The van der Waals surface area contributed by atoms with Gasteiger partial charge in [-0.2, -0.15) is 6.41 Å². The fourth-order valence-electron chi connectivity index (χ4n) is 4.17. The van der Waals surface area contributed by atoms with Crippen molar-refractivity contribution in [2.24, 2.45) is 11.8 Å². The fraction of sp³-hybridized carbons (Fsp3) is 0.756. The molecule has 0 spiro atoms. The van der Waals surface area contributed by atoms with Gasteiger partial charge in [-0.3, -0.25) is 24.0 Å². The van der Waals surface area contributed by atoms with Crippen LogP contribution in [0, 0.1) is 24.7 Å². The van der Waals surface area contributed by atoms with Gasteiger partial charge in [0.1, 0.15) is 23.2 Å². The van der Waals surface area contributed by atoms with Gasteiger partial charge in [0.05, 0.1) is 6.54 Å². The molecule has 5 N–H and O–H groups in total. The second-order valence-electron chi connectivity index (χ2n) is 13.8. The molecular weight excluding hydrogens is 931 g/mol. The average molecular weight is 1010 g/mol. The molecule has 54 heavy (non-hydrogen) atoms. The van der Waals surface area contributed by atoms with E-state index in [1.165, 1.54) is 58.8 Å². The second-order valence-corrected chi connectivity index (χ2v) is 13.8. The minimum absolute atomic E-state index is 0. The van der Waals surface area contributed by atoms with Crippen molar-refractivity contribution in [3.8, 4) is 12.8 Å². The van der Waals surface area contributed by atoms with Crippen LogP contribution in [0.1, 0.15) is 154 Å². The van der Waals surface area contributed by atoms with Gasteiger partial charge < -0.3 is 36.1 Å². The largest absolute Gasteiger partial charge is 0.522 e. The molecule has 0 radical (unpaired) electrons. The summed E-state index contributed by atoms with van der Waals surface area (Å²) >= 11 is 0. The summed E-state index contributed by atoms with van der Waals surface area (Å²) in [5, 5.41) is 12.9. The van der Waals surface area contributed by atoms with E-state index in [4.69, 9.17) is 4.74 Å². The van der Waals surface area contributed by atoms with Crippen LogP contribution in [0.2, 0.25) is 0 Å². The Morgan fingerprint density at radius 1 is 0.796 bits per heavy atom. The summed E-state index contributed by atoms with van der Waals surface area (Å²) in [6.45, 7) is 29.2. The van der Waals surface area contributed by atoms with Gasteiger partial charge >= 0.3 is 0 Å². The summed E-state index contributed by atoms with van der Waals surface area (Å²) in [5.41, 5.74) is -1.80. The second kappa shape index (κ2) is 39.3. The summed E-state index contributed by atoms with van der Waals surface area (Å²) in [7, 11) is 0. The first-order valence-corrected chi connectivity index (χ1v) is 19.3. The molecule has 0 aromatic rings. The molecule has 0 saturated carbocycles. The third-order valence-electron chi connectivity index (χ3n) is 7.47. The zero-order chi connectivity index (χ0) is 42.5. The van der Waals surface area contributed by atoms with Crippen molar-refractivity contribution in [2.45, 2.75) is 177 Å². The monoisotopic (exact) mass is 1010 g/mol. The Morgan fingerprint density at radius 3 is 1.59 bits per heavy atom. The molecule has 0 fully saturated rings. The van der Waals surface area contributed by atoms with Crippen LogP contribution >= 0.6 is 0 Å². The zero-order valence-electron chi connectivity index (χ0n) is 36.0. The van der Waals surface area contributed by atoms with Crippen molar-refractivity contribution in [1.82, 2.24) is 26.6 Å². The Kier molecular flexibility index (Phi) is 44.6. The number of ether oxygens (including phenoxy) is 1. The van der Waals surface area contributed by atoms with Crippen LogP contribution in [-0.4, -0.2) is 72.8 Å². The van der Waals surface area contributed by atoms with Crippen molar-refractivity contribution in [3.63, 3.8) is 0 Å². The minimum Gasteiger partial charge on any atom is -0.522 e. The van der Waals surface area contributed by atoms with Gasteiger partial charge in [-0.1, -0.05) is 114 Å². The summed E-state index contributed by atoms with van der Waals surface area (Å²) in [6.07, 6.45) is 21.9. The number of terminal acetylenes is 1. The van der Waals surface area contributed by atoms with Crippen molar-refractivity contribution in [1.29, 1.82) is 0 Å². The van der Waals surface area contributed by atoms with Gasteiger partial charge in [-0.05, 0) is 64.4 Å². The summed E-state index contributed by atoms with van der Waals surface area (Å²) in [6, 6.07) is -1.61. The maximum Gasteiger partial charge on any atom is 0.293 e. The standard InChI is InChI=1S/C22H40N5O5.C8H18.C7H12O2.C2H6.C2H2.Fm/c1-8-9-24-19(30)16(10-14(2)3)26-21(32)22(6,7)27-20(31)17(11-15(4)5)25-18(29)12-23-13-28;1-3-5-7-8-6-4-2;1-4-7(3,5-2)9-6-8;2*1-2;/h14-17H,8-12H2,1-7H3,(H,23,28)(H,24,30)(H,25,29)(H,26,32)(H,27,31);3-8H2,1-2H3;4,6H,1,5H2,2-3H3;1-2H3;1-2H;/q-1;;;;;. The number of unbranched alkanes of at least 4 members (excludes halogenated alkanes) is 5. The summed E-state index contributed by atoms with van der Waals surface area (Å²) < 4.78 is 4.73. The smallest absolute Gasteiger partial charge is 0.293 e. The van der Waals surface area contributed by atoms with E-state index in [0.29, 0.717) is 25.9 Å². The number of nitrogens with one attached hydrogen (secondary N) is 5. The fourth-order valence-corrected chi connectivity index (χ4v) is 4.17. The third kappa shape index (κ3) is 35.5. The first-order chi connectivity index (χ1) is 24.9. The zero-order valence-corrected chi connectivity index (χ0v) is 38.4. The number of hydrogen-bond acceptors (Lipinski definition) is 7. The molecule has 0 aliphatic carbocycles. The molecule has 0 aromatic heterocycles. The molecule has 0 bridgehead atoms. The molecule has 0 aromatic carbocycles. The summed E-state index contributed by atoms with van der Waals surface area (Å²) in [5.74, 6) is -1.57. The number of carbonyl (C=O) groups excluding carboxylic acids is 6. The quantitative estimate of drug-likeness (QED) is 0.0189. The molecule has 5 amide bonds. The first kappa shape index (κ1) is 61.2. The van der Waals surface area contributed by atoms with E-state index in [1.54, 1.807) is 6.08 Å². The Labute approximate surface area is 324 Å². The predicted molar refractivity (Wildman–Crippen MR) is 218 cm³/mol. The van der Waals surface area contributed by atoms with Crippen LogP contribution in [0.5, 0.6) is 0 Å². The van der Waals surface area contributed by atoms with E-state index in [0.717, 1.165) is 12.8 Å². The van der Waals surface area contributed by atoms with Crippen LogP contribution in [0.15, 0.2) is 12.7 Å². The van der Waals surface area contributed by atoms with E-state index >= 15 is 0 Å². The van der Waals surface area contributed by atoms with Gasteiger partial charge in [-0.15, -0.1) is 12.8 Å². The Morgan fingerprint density at radius 2 is 1.26 bits per heavy atom. The SMILES string of the molecule is C#C.C=CC(C)(CC)OC=O.CC.CCCCCCCC.CCCNC(=O)C(CC(C)C)NC(=O)C(C)(C)NC(=O)C(CC(C)C)NC(=O)CN[C-]=O.[Fm]. The van der Waals surface area contributed by atoms with Gasteiger partial charge in [0.25, 0.3) is 6.47 Å². The molecule has 0 saturated heterocycles. The van der Waals surface area contributed by atoms with Gasteiger partial charge in [0.15, 0.2) is 0 Å². The molecule has 0 aliphatic rings. The van der Waals surface area contributed by atoms with Crippen molar-refractivity contribution in [2.75, 3.05) is 13.1 Å². The maximum atomic E-state index is 12.9. The first-order valence-electron chi connectivity index (χ1n) is 19.3. The molecule has 0 aliphatic heterocycles. The Balaban J connectivity index is -0.000000213. The van der Waals surface area contributed by atoms with E-state index in [-0.39, 0.29) is 24.3 Å². The maximum absolute atomic E-state index is 12.9. The van der Waals surface area contributed by atoms with Crippen molar-refractivity contribution in [3.05, 3.63) is 12.7 Å². The van der Waals surface area contributed by atoms with Crippen molar-refractivity contribution < 1.29 is 33.5 Å². The normalized spacial score (nSPS) is 12.0. The summed E-state index contributed by atoms with van der Waals surface area (Å²) in [4.78, 5) is 70.3. The molecule has 3 atom stereocenters. The van der Waals surface area contributed by atoms with Gasteiger partial charge in [0, 0.05) is 6.54 Å². The molecule has 0 rings (SSSR count). The van der Waals surface area contributed by atoms with Crippen LogP contribution < -0.4 is 26.6 Å². The average Bonchev–Trinajstić information content (AvgIpc) is 3.12. The molecule has 13 heteroatoms. The molecule has 0 heterocycles. The minimum atomic E-state index is -1.33. The number of amides is 5. The van der Waals surface area contributed by atoms with E-state index in [2.05, 4.69) is 59.9 Å². The van der Waals surface area contributed by atoms with E-state index < -0.39 is 40.9 Å². The predicted octanol–water partition coefficient (Wildman–Crippen LogP) is 6.28. The molecule has 12 nitrogen and oxygen atoms in total. The number of rotatable bonds is 24. The van der Waals surface area contributed by atoms with Gasteiger partial charge in [0.2, 0.25) is 23.6 Å². The number of carbonyl (C=O) groups is 5. The van der Waals surface area contributed by atoms with E-state index in [1.807, 2.05) is 62.3 Å². The van der Waals surface area contributed by atoms with Crippen LogP contribution in [0.3, 0.4) is 0 Å². The van der Waals surface area contributed by atoms with Crippen LogP contribution in [0.25, 0.3) is 0 Å². The molecular formula is C41H78FmN5O7-. The van der Waals surface area contributed by atoms with Crippen LogP contribution in [-0.2, 0) is 33.5 Å². The van der Waals surface area contributed by atoms with Crippen LogP contribution in [0.4, 0.5) is 0 Å². The molecule has 322 valence electrons. The number of hydrogen-bond donors (Lipinski definition) is 5. The molecule has 3 unspecified atom stereocenters.